The van der Waals surface area contributed by atoms with Gasteiger partial charge in [-0.25, -0.2) is 4.98 Å². The van der Waals surface area contributed by atoms with Gasteiger partial charge < -0.3 is 4.42 Å². The molecule has 5 nitrogen and oxygen atoms in total. The average molecular weight is 717 g/mol. The number of para-hydroxylation sites is 2. The number of rotatable bonds is 6. The summed E-state index contributed by atoms with van der Waals surface area (Å²) in [5.41, 5.74) is 12.4. The fraction of sp³-hybridized carbons (Fsp3) is 0. The van der Waals surface area contributed by atoms with Crippen molar-refractivity contribution in [3.63, 3.8) is 0 Å². The maximum atomic E-state index is 6.61. The van der Waals surface area contributed by atoms with Crippen LogP contribution in [0.25, 0.3) is 106 Å². The van der Waals surface area contributed by atoms with Crippen LogP contribution in [0.3, 0.4) is 0 Å². The first-order chi connectivity index (χ1) is 27.7. The van der Waals surface area contributed by atoms with Gasteiger partial charge in [0.15, 0.2) is 11.6 Å². The molecule has 0 saturated heterocycles. The van der Waals surface area contributed by atoms with Gasteiger partial charge >= 0.3 is 0 Å². The molecular weight excluding hydrogens is 685 g/mol. The smallest absolute Gasteiger partial charge is 0.238 e. The molecule has 0 aliphatic carbocycles. The molecule has 0 amide bonds. The summed E-state index contributed by atoms with van der Waals surface area (Å²) in [4.78, 5) is 15.3. The van der Waals surface area contributed by atoms with Gasteiger partial charge in [0.05, 0.1) is 11.0 Å². The van der Waals surface area contributed by atoms with Crippen LogP contribution in [0.15, 0.2) is 199 Å². The Morgan fingerprint density at radius 1 is 0.339 bits per heavy atom. The summed E-state index contributed by atoms with van der Waals surface area (Å²) < 4.78 is 8.78. The van der Waals surface area contributed by atoms with Gasteiger partial charge in [-0.1, -0.05) is 164 Å². The van der Waals surface area contributed by atoms with Crippen molar-refractivity contribution in [2.45, 2.75) is 0 Å². The maximum Gasteiger partial charge on any atom is 0.238 e. The van der Waals surface area contributed by atoms with Crippen molar-refractivity contribution in [2.75, 3.05) is 0 Å². The zero-order valence-corrected chi connectivity index (χ0v) is 30.2. The minimum atomic E-state index is 0.563. The van der Waals surface area contributed by atoms with Crippen molar-refractivity contribution in [3.05, 3.63) is 194 Å². The maximum absolute atomic E-state index is 6.61. The Morgan fingerprint density at radius 3 is 1.59 bits per heavy atom. The molecule has 11 rings (SSSR count). The third-order valence-electron chi connectivity index (χ3n) is 10.7. The Bertz CT molecular complexity index is 3220. The topological polar surface area (TPSA) is 56.7 Å². The first-order valence-electron chi connectivity index (χ1n) is 18.8. The lowest BCUT2D eigenvalue weighted by molar-refractivity contribution is 0.670. The van der Waals surface area contributed by atoms with E-state index in [2.05, 4.69) is 156 Å². The summed E-state index contributed by atoms with van der Waals surface area (Å²) in [6.45, 7) is 0. The minimum absolute atomic E-state index is 0.563. The van der Waals surface area contributed by atoms with Gasteiger partial charge in [0.25, 0.3) is 0 Å². The zero-order chi connectivity index (χ0) is 37.0. The molecule has 5 heteroatoms. The monoisotopic (exact) mass is 716 g/mol. The molecule has 0 radical (unpaired) electrons. The van der Waals surface area contributed by atoms with Crippen molar-refractivity contribution in [1.29, 1.82) is 0 Å². The van der Waals surface area contributed by atoms with Crippen LogP contribution < -0.4 is 0 Å². The van der Waals surface area contributed by atoms with E-state index >= 15 is 0 Å². The van der Waals surface area contributed by atoms with E-state index in [1.807, 2.05) is 42.5 Å². The molecule has 8 aromatic carbocycles. The van der Waals surface area contributed by atoms with Gasteiger partial charge in [-0.05, 0) is 58.1 Å². The Kier molecular flexibility index (Phi) is 7.42. The van der Waals surface area contributed by atoms with Crippen LogP contribution in [0.4, 0.5) is 0 Å². The molecule has 3 heterocycles. The molecule has 0 fully saturated rings. The Labute approximate surface area is 322 Å². The molecule has 3 aromatic heterocycles. The van der Waals surface area contributed by atoms with Crippen LogP contribution in [0.5, 0.6) is 0 Å². The summed E-state index contributed by atoms with van der Waals surface area (Å²) in [6, 6.07) is 67.4. The van der Waals surface area contributed by atoms with E-state index in [-0.39, 0.29) is 0 Å². The van der Waals surface area contributed by atoms with Crippen LogP contribution in [-0.4, -0.2) is 19.5 Å². The molecular formula is C51H32N4O. The summed E-state index contributed by atoms with van der Waals surface area (Å²) >= 11 is 0. The van der Waals surface area contributed by atoms with E-state index in [4.69, 9.17) is 19.4 Å². The predicted molar refractivity (Wildman–Crippen MR) is 229 cm³/mol. The lowest BCUT2D eigenvalue weighted by atomic mass is 9.99. The fourth-order valence-electron chi connectivity index (χ4n) is 7.94. The summed E-state index contributed by atoms with van der Waals surface area (Å²) in [6.07, 6.45) is 0. The van der Waals surface area contributed by atoms with E-state index in [1.165, 1.54) is 16.7 Å². The highest BCUT2D eigenvalue weighted by Gasteiger charge is 2.20. The standard InChI is InChI=1S/C51H32N4O/c1-4-13-33(14-5-1)35-23-25-37(26-24-35)50-52-49(36-17-8-3-9-18-36)53-51(54-50)55-45-22-11-10-19-41(45)43-32-39(27-29-46(43)55)40-20-12-21-42-44-31-38(34-15-6-2-7-16-34)28-30-47(44)56-48(40)42/h1-32H. The lowest BCUT2D eigenvalue weighted by Gasteiger charge is -2.11. The molecule has 0 atom stereocenters. The van der Waals surface area contributed by atoms with E-state index in [1.54, 1.807) is 0 Å². The van der Waals surface area contributed by atoms with Crippen molar-refractivity contribution in [2.24, 2.45) is 0 Å². The first kappa shape index (κ1) is 31.9. The first-order valence-corrected chi connectivity index (χ1v) is 18.8. The molecule has 0 unspecified atom stereocenters. The Morgan fingerprint density at radius 2 is 0.857 bits per heavy atom. The molecule has 56 heavy (non-hydrogen) atoms. The van der Waals surface area contributed by atoms with Gasteiger partial charge in [-0.2, -0.15) is 9.97 Å². The molecule has 0 aliphatic rings. The zero-order valence-electron chi connectivity index (χ0n) is 30.2. The molecule has 0 saturated carbocycles. The fourth-order valence-corrected chi connectivity index (χ4v) is 7.94. The number of furan rings is 1. The Hall–Kier alpha value is -7.63. The predicted octanol–water partition coefficient (Wildman–Crippen LogP) is 13.2. The summed E-state index contributed by atoms with van der Waals surface area (Å²) in [5, 5.41) is 4.42. The van der Waals surface area contributed by atoms with Crippen LogP contribution >= 0.6 is 0 Å². The number of aromatic nitrogens is 4. The van der Waals surface area contributed by atoms with Gasteiger partial charge in [0.2, 0.25) is 5.95 Å². The van der Waals surface area contributed by atoms with Crippen LogP contribution in [0, 0.1) is 0 Å². The highest BCUT2D eigenvalue weighted by molar-refractivity contribution is 6.13. The molecule has 0 bridgehead atoms. The number of benzene rings is 8. The van der Waals surface area contributed by atoms with Crippen LogP contribution in [0.1, 0.15) is 0 Å². The molecule has 11 aromatic rings. The largest absolute Gasteiger partial charge is 0.455 e. The van der Waals surface area contributed by atoms with Gasteiger partial charge in [0, 0.05) is 38.2 Å². The summed E-state index contributed by atoms with van der Waals surface area (Å²) in [7, 11) is 0. The molecule has 0 N–H and O–H groups in total. The van der Waals surface area contributed by atoms with Gasteiger partial charge in [-0.3, -0.25) is 4.57 Å². The van der Waals surface area contributed by atoms with Crippen molar-refractivity contribution < 1.29 is 4.42 Å². The third-order valence-corrected chi connectivity index (χ3v) is 10.7. The average Bonchev–Trinajstić information content (AvgIpc) is 3.82. The van der Waals surface area contributed by atoms with Crippen molar-refractivity contribution >= 4 is 43.7 Å². The van der Waals surface area contributed by atoms with Crippen molar-refractivity contribution in [1.82, 2.24) is 19.5 Å². The highest BCUT2D eigenvalue weighted by Crippen LogP contribution is 2.40. The summed E-state index contributed by atoms with van der Waals surface area (Å²) in [5.74, 6) is 1.80. The molecule has 0 spiro atoms. The third kappa shape index (κ3) is 5.37. The normalized spacial score (nSPS) is 11.6. The SMILES string of the molecule is c1ccc(-c2ccc(-c3nc(-c4ccccc4)nc(-n4c5ccccc5c5cc(-c6cccc7c6oc6ccc(-c8ccccc8)cc67)ccc54)n3)cc2)cc1. The van der Waals surface area contributed by atoms with E-state index in [0.29, 0.717) is 17.6 Å². The molecule has 0 aliphatic heterocycles. The van der Waals surface area contributed by atoms with Crippen LogP contribution in [0.2, 0.25) is 0 Å². The second kappa shape index (κ2) is 13.0. The number of fused-ring (bicyclic) bond motifs is 6. The van der Waals surface area contributed by atoms with E-state index in [9.17, 15) is 0 Å². The minimum Gasteiger partial charge on any atom is -0.455 e. The van der Waals surface area contributed by atoms with Crippen LogP contribution in [-0.2, 0) is 0 Å². The number of hydrogen-bond acceptors (Lipinski definition) is 4. The second-order valence-corrected chi connectivity index (χ2v) is 14.0. The van der Waals surface area contributed by atoms with E-state index < -0.39 is 0 Å². The van der Waals surface area contributed by atoms with Gasteiger partial charge in [-0.15, -0.1) is 0 Å². The molecule has 262 valence electrons. The lowest BCUT2D eigenvalue weighted by Crippen LogP contribution is -2.06. The number of hydrogen-bond donors (Lipinski definition) is 0. The second-order valence-electron chi connectivity index (χ2n) is 14.0. The van der Waals surface area contributed by atoms with Gasteiger partial charge in [0.1, 0.15) is 11.2 Å². The quantitative estimate of drug-likeness (QED) is 0.172. The highest BCUT2D eigenvalue weighted by atomic mass is 16.3. The van der Waals surface area contributed by atoms with E-state index in [0.717, 1.165) is 71.6 Å². The van der Waals surface area contributed by atoms with Crippen molar-refractivity contribution in [3.8, 4) is 62.1 Å². The number of nitrogens with zero attached hydrogens (tertiary/aromatic N) is 4. The Balaban J connectivity index is 1.07.